The molecule has 0 saturated carbocycles. The van der Waals surface area contributed by atoms with Crippen LogP contribution < -0.4 is 5.56 Å². The highest BCUT2D eigenvalue weighted by atomic mass is 32.2. The van der Waals surface area contributed by atoms with Gasteiger partial charge in [-0.3, -0.25) is 9.36 Å². The third-order valence-electron chi connectivity index (χ3n) is 4.33. The highest BCUT2D eigenvalue weighted by molar-refractivity contribution is 7.98. The Labute approximate surface area is 168 Å². The van der Waals surface area contributed by atoms with Gasteiger partial charge in [0.25, 0.3) is 5.56 Å². The van der Waals surface area contributed by atoms with Crippen molar-refractivity contribution in [1.82, 2.24) is 9.55 Å². The van der Waals surface area contributed by atoms with Crippen molar-refractivity contribution in [3.05, 3.63) is 69.7 Å². The van der Waals surface area contributed by atoms with Crippen LogP contribution in [-0.2, 0) is 17.5 Å². The number of rotatable bonds is 5. The van der Waals surface area contributed by atoms with Crippen LogP contribution in [0.4, 0.5) is 0 Å². The summed E-state index contributed by atoms with van der Waals surface area (Å²) in [7, 11) is 3.02. The molecule has 0 aliphatic carbocycles. The number of ether oxygens (including phenoxy) is 1. The minimum Gasteiger partial charge on any atom is -0.463 e. The number of esters is 1. The third-order valence-corrected chi connectivity index (χ3v) is 6.28. The first kappa shape index (κ1) is 18.5. The summed E-state index contributed by atoms with van der Waals surface area (Å²) in [4.78, 5) is 30.1. The van der Waals surface area contributed by atoms with Gasteiger partial charge >= 0.3 is 5.97 Å². The molecule has 0 aliphatic heterocycles. The smallest absolute Gasteiger partial charge is 0.374 e. The summed E-state index contributed by atoms with van der Waals surface area (Å²) in [6.07, 6.45) is 1.45. The Kier molecular flexibility index (Phi) is 5.06. The largest absolute Gasteiger partial charge is 0.463 e. The third kappa shape index (κ3) is 3.25. The molecule has 0 N–H and O–H groups in total. The van der Waals surface area contributed by atoms with Gasteiger partial charge in [-0.05, 0) is 11.6 Å². The molecule has 28 heavy (non-hydrogen) atoms. The Morgan fingerprint density at radius 1 is 1.29 bits per heavy atom. The Balaban J connectivity index is 1.69. The van der Waals surface area contributed by atoms with E-state index in [0.717, 1.165) is 11.1 Å². The molecule has 1 aromatic carbocycles. The molecular formula is C20H16N2O4S2. The maximum atomic E-state index is 13.0. The van der Waals surface area contributed by atoms with Crippen LogP contribution in [-0.4, -0.2) is 22.6 Å². The lowest BCUT2D eigenvalue weighted by Gasteiger charge is -2.08. The van der Waals surface area contributed by atoms with Crippen molar-refractivity contribution < 1.29 is 13.9 Å². The molecule has 0 aliphatic rings. The van der Waals surface area contributed by atoms with E-state index in [4.69, 9.17) is 9.15 Å². The van der Waals surface area contributed by atoms with Crippen molar-refractivity contribution in [3.63, 3.8) is 0 Å². The summed E-state index contributed by atoms with van der Waals surface area (Å²) >= 11 is 2.82. The summed E-state index contributed by atoms with van der Waals surface area (Å²) < 4.78 is 11.5. The van der Waals surface area contributed by atoms with Crippen LogP contribution >= 0.6 is 23.1 Å². The quantitative estimate of drug-likeness (QED) is 0.276. The van der Waals surface area contributed by atoms with E-state index in [9.17, 15) is 9.59 Å². The molecule has 4 rings (SSSR count). The average Bonchev–Trinajstić information content (AvgIpc) is 3.36. The van der Waals surface area contributed by atoms with E-state index < -0.39 is 5.97 Å². The predicted molar refractivity (Wildman–Crippen MR) is 110 cm³/mol. The molecule has 0 bridgehead atoms. The van der Waals surface area contributed by atoms with Crippen LogP contribution in [0.15, 0.2) is 62.4 Å². The predicted octanol–water partition coefficient (Wildman–Crippen LogP) is 4.33. The van der Waals surface area contributed by atoms with Gasteiger partial charge in [0.15, 0.2) is 5.16 Å². The van der Waals surface area contributed by atoms with Gasteiger partial charge in [0, 0.05) is 29.3 Å². The molecule has 142 valence electrons. The standard InChI is InChI=1S/C20H16N2O4S2/c1-22-18(23)15-14(12-6-4-3-5-7-12)11-27-17(15)21-20(22)28-10-13-8-9-26-16(13)19(24)25-2/h3-9,11H,10H2,1-2H3. The average molecular weight is 412 g/mol. The number of thiophene rings is 1. The first-order valence-corrected chi connectivity index (χ1v) is 10.3. The van der Waals surface area contributed by atoms with Gasteiger partial charge in [-0.2, -0.15) is 0 Å². The Morgan fingerprint density at radius 3 is 2.82 bits per heavy atom. The van der Waals surface area contributed by atoms with Gasteiger partial charge < -0.3 is 9.15 Å². The Morgan fingerprint density at radius 2 is 2.07 bits per heavy atom. The number of benzene rings is 1. The number of carbonyl (C=O) groups is 1. The van der Waals surface area contributed by atoms with E-state index in [1.807, 2.05) is 35.7 Å². The number of methoxy groups -OCH3 is 1. The number of furan rings is 1. The van der Waals surface area contributed by atoms with E-state index in [1.165, 1.54) is 36.5 Å². The Hall–Kier alpha value is -2.84. The van der Waals surface area contributed by atoms with Crippen molar-refractivity contribution in [3.8, 4) is 11.1 Å². The highest BCUT2D eigenvalue weighted by Crippen LogP contribution is 2.32. The molecule has 0 unspecified atom stereocenters. The minimum atomic E-state index is -0.524. The molecule has 3 aromatic heterocycles. The molecule has 0 saturated heterocycles. The van der Waals surface area contributed by atoms with E-state index in [2.05, 4.69) is 4.98 Å². The van der Waals surface area contributed by atoms with Gasteiger partial charge in [-0.25, -0.2) is 9.78 Å². The Bertz CT molecular complexity index is 1210. The van der Waals surface area contributed by atoms with Crippen molar-refractivity contribution >= 4 is 39.3 Å². The second-order valence-corrected chi connectivity index (χ2v) is 7.81. The van der Waals surface area contributed by atoms with E-state index >= 15 is 0 Å². The highest BCUT2D eigenvalue weighted by Gasteiger charge is 2.19. The van der Waals surface area contributed by atoms with Gasteiger partial charge in [-0.15, -0.1) is 11.3 Å². The second kappa shape index (κ2) is 7.65. The van der Waals surface area contributed by atoms with E-state index in [1.54, 1.807) is 17.7 Å². The van der Waals surface area contributed by atoms with Gasteiger partial charge in [-0.1, -0.05) is 42.1 Å². The molecule has 0 amide bonds. The fourth-order valence-corrected chi connectivity index (χ4v) is 4.82. The second-order valence-electron chi connectivity index (χ2n) is 6.01. The van der Waals surface area contributed by atoms with Crippen LogP contribution in [0.3, 0.4) is 0 Å². The lowest BCUT2D eigenvalue weighted by atomic mass is 10.1. The summed E-state index contributed by atoms with van der Waals surface area (Å²) in [5, 5.41) is 3.17. The molecule has 4 aromatic rings. The van der Waals surface area contributed by atoms with Crippen molar-refractivity contribution in [2.45, 2.75) is 10.9 Å². The minimum absolute atomic E-state index is 0.0898. The topological polar surface area (TPSA) is 74.3 Å². The summed E-state index contributed by atoms with van der Waals surface area (Å²) in [5.41, 5.74) is 2.50. The maximum Gasteiger partial charge on any atom is 0.374 e. The molecule has 0 fully saturated rings. The molecule has 0 spiro atoms. The SMILES string of the molecule is COC(=O)c1occc1CSc1nc2scc(-c3ccccc3)c2c(=O)n1C. The number of hydrogen-bond acceptors (Lipinski definition) is 7. The summed E-state index contributed by atoms with van der Waals surface area (Å²) in [5.74, 6) is 0.0797. The van der Waals surface area contributed by atoms with Crippen molar-refractivity contribution in [1.29, 1.82) is 0 Å². The normalized spacial score (nSPS) is 11.1. The molecule has 0 radical (unpaired) electrons. The fourth-order valence-electron chi connectivity index (χ4n) is 2.88. The molecular weight excluding hydrogens is 396 g/mol. The first-order valence-electron chi connectivity index (χ1n) is 8.41. The first-order chi connectivity index (χ1) is 13.6. The summed E-state index contributed by atoms with van der Waals surface area (Å²) in [6.45, 7) is 0. The lowest BCUT2D eigenvalue weighted by molar-refractivity contribution is 0.0564. The zero-order valence-corrected chi connectivity index (χ0v) is 16.8. The van der Waals surface area contributed by atoms with Gasteiger partial charge in [0.1, 0.15) is 4.83 Å². The zero-order valence-electron chi connectivity index (χ0n) is 15.2. The number of fused-ring (bicyclic) bond motifs is 1. The van der Waals surface area contributed by atoms with Crippen LogP contribution in [0, 0.1) is 0 Å². The van der Waals surface area contributed by atoms with Gasteiger partial charge in [0.05, 0.1) is 18.8 Å². The lowest BCUT2D eigenvalue weighted by Crippen LogP contribution is -2.19. The molecule has 8 heteroatoms. The molecule has 6 nitrogen and oxygen atoms in total. The van der Waals surface area contributed by atoms with Gasteiger partial charge in [0.2, 0.25) is 5.76 Å². The van der Waals surface area contributed by atoms with Crippen LogP contribution in [0.1, 0.15) is 16.1 Å². The monoisotopic (exact) mass is 412 g/mol. The van der Waals surface area contributed by atoms with Crippen molar-refractivity contribution in [2.24, 2.45) is 7.05 Å². The molecule has 3 heterocycles. The fraction of sp³-hybridized carbons (Fsp3) is 0.150. The van der Waals surface area contributed by atoms with Crippen LogP contribution in [0.5, 0.6) is 0 Å². The maximum absolute atomic E-state index is 13.0. The number of carbonyl (C=O) groups excluding carboxylic acids is 1. The van der Waals surface area contributed by atoms with Crippen LogP contribution in [0.25, 0.3) is 21.3 Å². The number of aromatic nitrogens is 2. The summed E-state index contributed by atoms with van der Waals surface area (Å²) in [6, 6.07) is 11.5. The molecule has 0 atom stereocenters. The van der Waals surface area contributed by atoms with E-state index in [0.29, 0.717) is 26.7 Å². The number of thioether (sulfide) groups is 1. The van der Waals surface area contributed by atoms with E-state index in [-0.39, 0.29) is 11.3 Å². The number of nitrogens with zero attached hydrogens (tertiary/aromatic N) is 2. The zero-order chi connectivity index (χ0) is 19.7. The van der Waals surface area contributed by atoms with Crippen LogP contribution in [0.2, 0.25) is 0 Å². The van der Waals surface area contributed by atoms with Crippen molar-refractivity contribution in [2.75, 3.05) is 7.11 Å². The number of hydrogen-bond donors (Lipinski definition) is 0.